The molecule has 0 saturated heterocycles. The molecule has 3 aromatic heterocycles. The fraction of sp³-hybridized carbons (Fsp3) is 0.240. The molecule has 32 heavy (non-hydrogen) atoms. The standard InChI is InChI=1S/C25H24N4O2S/c1-17-26-13-14-29(17)16-18-9-11-22-24(20-7-3-4-8-21(20)28(22)2)25(18)27-31-23(30)12-10-19-6-5-15-32-19/h3-8,10,12-15,18H,9,11,16H2,1-2H3. The van der Waals surface area contributed by atoms with E-state index in [1.807, 2.05) is 49.0 Å². The number of hydrogen-bond donors (Lipinski definition) is 0. The van der Waals surface area contributed by atoms with Crippen LogP contribution in [0.5, 0.6) is 0 Å². The van der Waals surface area contributed by atoms with E-state index in [0.29, 0.717) is 0 Å². The van der Waals surface area contributed by atoms with Gasteiger partial charge in [-0.1, -0.05) is 29.4 Å². The Kier molecular flexibility index (Phi) is 5.49. The zero-order valence-corrected chi connectivity index (χ0v) is 18.9. The summed E-state index contributed by atoms with van der Waals surface area (Å²) in [7, 11) is 2.09. The minimum absolute atomic E-state index is 0.121. The predicted octanol–water partition coefficient (Wildman–Crippen LogP) is 4.97. The molecule has 162 valence electrons. The summed E-state index contributed by atoms with van der Waals surface area (Å²) in [6.07, 6.45) is 8.86. The number of thiophene rings is 1. The molecule has 5 rings (SSSR count). The van der Waals surface area contributed by atoms with Crippen molar-refractivity contribution in [2.75, 3.05) is 0 Å². The first-order valence-electron chi connectivity index (χ1n) is 10.7. The minimum atomic E-state index is -0.476. The number of carbonyl (C=O) groups is 1. The maximum Gasteiger partial charge on any atom is 0.358 e. The van der Waals surface area contributed by atoms with E-state index >= 15 is 0 Å². The van der Waals surface area contributed by atoms with Crippen LogP contribution >= 0.6 is 11.3 Å². The van der Waals surface area contributed by atoms with Crippen LogP contribution in [0.1, 0.15) is 28.4 Å². The zero-order chi connectivity index (χ0) is 22.1. The van der Waals surface area contributed by atoms with E-state index in [4.69, 9.17) is 4.84 Å². The van der Waals surface area contributed by atoms with Gasteiger partial charge in [-0.05, 0) is 43.4 Å². The van der Waals surface area contributed by atoms with Crippen molar-refractivity contribution < 1.29 is 9.63 Å². The van der Waals surface area contributed by atoms with Crippen molar-refractivity contribution in [3.05, 3.63) is 82.2 Å². The number of aromatic nitrogens is 3. The van der Waals surface area contributed by atoms with Gasteiger partial charge in [0.05, 0.1) is 5.71 Å². The molecule has 1 aliphatic rings. The van der Waals surface area contributed by atoms with Gasteiger partial charge in [0.2, 0.25) is 0 Å². The smallest absolute Gasteiger partial charge is 0.347 e. The summed E-state index contributed by atoms with van der Waals surface area (Å²) in [6.45, 7) is 2.74. The number of nitrogens with zero attached hydrogens (tertiary/aromatic N) is 4. The third-order valence-electron chi connectivity index (χ3n) is 6.10. The number of imidazole rings is 1. The Hall–Kier alpha value is -3.45. The summed E-state index contributed by atoms with van der Waals surface area (Å²) >= 11 is 1.57. The van der Waals surface area contributed by atoms with Crippen molar-refractivity contribution in [3.8, 4) is 0 Å². The second-order valence-electron chi connectivity index (χ2n) is 8.00. The van der Waals surface area contributed by atoms with Crippen LogP contribution in [0.15, 0.2) is 65.4 Å². The molecule has 3 heterocycles. The van der Waals surface area contributed by atoms with E-state index in [0.717, 1.165) is 52.3 Å². The molecule has 6 nitrogen and oxygen atoms in total. The van der Waals surface area contributed by atoms with E-state index in [-0.39, 0.29) is 5.92 Å². The summed E-state index contributed by atoms with van der Waals surface area (Å²) in [5, 5.41) is 7.56. The van der Waals surface area contributed by atoms with Crippen molar-refractivity contribution in [3.63, 3.8) is 0 Å². The van der Waals surface area contributed by atoms with Crippen LogP contribution in [0.4, 0.5) is 0 Å². The van der Waals surface area contributed by atoms with E-state index in [1.54, 1.807) is 17.4 Å². The van der Waals surface area contributed by atoms with Gasteiger partial charge in [-0.3, -0.25) is 0 Å². The Morgan fingerprint density at radius 1 is 1.31 bits per heavy atom. The molecule has 0 saturated carbocycles. The van der Waals surface area contributed by atoms with Gasteiger partial charge in [0, 0.05) is 65.0 Å². The first kappa shape index (κ1) is 20.5. The van der Waals surface area contributed by atoms with E-state index in [1.165, 1.54) is 11.8 Å². The summed E-state index contributed by atoms with van der Waals surface area (Å²) in [4.78, 5) is 23.2. The Balaban J connectivity index is 1.52. The van der Waals surface area contributed by atoms with Gasteiger partial charge in [0.25, 0.3) is 0 Å². The first-order valence-corrected chi connectivity index (χ1v) is 11.5. The molecule has 0 radical (unpaired) electrons. The molecule has 7 heteroatoms. The Morgan fingerprint density at radius 2 is 2.19 bits per heavy atom. The van der Waals surface area contributed by atoms with Crippen LogP contribution in [0.3, 0.4) is 0 Å². The molecule has 1 aliphatic carbocycles. The number of rotatable bonds is 5. The van der Waals surface area contributed by atoms with Gasteiger partial charge >= 0.3 is 5.97 Å². The molecule has 4 aromatic rings. The monoisotopic (exact) mass is 444 g/mol. The highest BCUT2D eigenvalue weighted by atomic mass is 32.1. The van der Waals surface area contributed by atoms with Gasteiger partial charge in [0.1, 0.15) is 5.82 Å². The molecular formula is C25H24N4O2S. The molecule has 1 atom stereocenters. The highest BCUT2D eigenvalue weighted by molar-refractivity contribution is 7.10. The average molecular weight is 445 g/mol. The lowest BCUT2D eigenvalue weighted by molar-refractivity contribution is -0.137. The molecule has 0 spiro atoms. The van der Waals surface area contributed by atoms with E-state index < -0.39 is 5.97 Å². The molecule has 1 aromatic carbocycles. The van der Waals surface area contributed by atoms with Gasteiger partial charge in [-0.15, -0.1) is 11.3 Å². The number of oxime groups is 1. The molecular weight excluding hydrogens is 420 g/mol. The third kappa shape index (κ3) is 3.80. The quantitative estimate of drug-likeness (QED) is 0.248. The van der Waals surface area contributed by atoms with Crippen molar-refractivity contribution in [1.29, 1.82) is 0 Å². The van der Waals surface area contributed by atoms with Gasteiger partial charge in [0.15, 0.2) is 0 Å². The number of hydrogen-bond acceptors (Lipinski definition) is 5. The number of fused-ring (bicyclic) bond motifs is 3. The summed E-state index contributed by atoms with van der Waals surface area (Å²) < 4.78 is 4.37. The lowest BCUT2D eigenvalue weighted by atomic mass is 9.84. The van der Waals surface area contributed by atoms with Crippen LogP contribution in [-0.4, -0.2) is 25.8 Å². The van der Waals surface area contributed by atoms with E-state index in [9.17, 15) is 4.79 Å². The summed E-state index contributed by atoms with van der Waals surface area (Å²) in [5.41, 5.74) is 4.31. The maximum atomic E-state index is 12.4. The molecule has 0 N–H and O–H groups in total. The fourth-order valence-corrected chi connectivity index (χ4v) is 5.09. The van der Waals surface area contributed by atoms with Crippen molar-refractivity contribution in [1.82, 2.24) is 14.1 Å². The van der Waals surface area contributed by atoms with Crippen molar-refractivity contribution >= 4 is 40.0 Å². The number of carbonyl (C=O) groups excluding carboxylic acids is 1. The van der Waals surface area contributed by atoms with Crippen LogP contribution in [0.2, 0.25) is 0 Å². The highest BCUT2D eigenvalue weighted by Gasteiger charge is 2.31. The highest BCUT2D eigenvalue weighted by Crippen LogP contribution is 2.35. The number of para-hydroxylation sites is 1. The topological polar surface area (TPSA) is 61.4 Å². The molecule has 0 bridgehead atoms. The fourth-order valence-electron chi connectivity index (χ4n) is 4.47. The molecule has 0 aliphatic heterocycles. The van der Waals surface area contributed by atoms with Crippen LogP contribution in [0, 0.1) is 12.8 Å². The zero-order valence-electron chi connectivity index (χ0n) is 18.1. The lowest BCUT2D eigenvalue weighted by Gasteiger charge is -2.25. The summed E-state index contributed by atoms with van der Waals surface area (Å²) in [6, 6.07) is 12.2. The van der Waals surface area contributed by atoms with Crippen molar-refractivity contribution in [2.24, 2.45) is 18.1 Å². The first-order chi connectivity index (χ1) is 15.6. The predicted molar refractivity (Wildman–Crippen MR) is 128 cm³/mol. The second kappa shape index (κ2) is 8.59. The van der Waals surface area contributed by atoms with Crippen LogP contribution in [-0.2, 0) is 29.6 Å². The number of benzene rings is 1. The molecule has 0 amide bonds. The lowest BCUT2D eigenvalue weighted by Crippen LogP contribution is -2.28. The Labute approximate surface area is 190 Å². The second-order valence-corrected chi connectivity index (χ2v) is 8.98. The number of aryl methyl sites for hydroxylation is 2. The normalized spacial score (nSPS) is 17.3. The Morgan fingerprint density at radius 3 is 2.97 bits per heavy atom. The summed E-state index contributed by atoms with van der Waals surface area (Å²) in [5.74, 6) is 0.607. The van der Waals surface area contributed by atoms with Crippen LogP contribution in [0.25, 0.3) is 17.0 Å². The molecule has 0 fully saturated rings. The van der Waals surface area contributed by atoms with Gasteiger partial charge < -0.3 is 14.0 Å². The van der Waals surface area contributed by atoms with Crippen LogP contribution < -0.4 is 0 Å². The van der Waals surface area contributed by atoms with E-state index in [2.05, 4.69) is 38.5 Å². The van der Waals surface area contributed by atoms with Gasteiger partial charge in [-0.25, -0.2) is 9.78 Å². The maximum absolute atomic E-state index is 12.4. The molecule has 1 unspecified atom stereocenters. The SMILES string of the molecule is Cc1nccn1CC1CCc2c(c3ccccc3n2C)C1=NOC(=O)C=Cc1cccs1. The third-order valence-corrected chi connectivity index (χ3v) is 6.94. The Bertz CT molecular complexity index is 1330. The minimum Gasteiger partial charge on any atom is -0.347 e. The average Bonchev–Trinajstić information content (AvgIpc) is 3.53. The van der Waals surface area contributed by atoms with Gasteiger partial charge in [-0.2, -0.15) is 0 Å². The van der Waals surface area contributed by atoms with Crippen molar-refractivity contribution in [2.45, 2.75) is 26.3 Å². The largest absolute Gasteiger partial charge is 0.358 e.